The van der Waals surface area contributed by atoms with Gasteiger partial charge in [0.05, 0.1) is 19.8 Å². The van der Waals surface area contributed by atoms with E-state index in [0.29, 0.717) is 25.7 Å². The minimum atomic E-state index is 0.659. The molecule has 0 aliphatic carbocycles. The maximum atomic E-state index is 5.56. The van der Waals surface area contributed by atoms with Crippen molar-refractivity contribution in [2.75, 3.05) is 20.3 Å². The van der Waals surface area contributed by atoms with Crippen molar-refractivity contribution >= 4 is 0 Å². The minimum absolute atomic E-state index is 0.659. The molecule has 0 aromatic heterocycles. The highest BCUT2D eigenvalue weighted by molar-refractivity contribution is 5.26. The molecule has 0 saturated carbocycles. The molecule has 0 amide bonds. The number of ether oxygens (including phenoxy) is 2. The average molecular weight is 222 g/mol. The highest BCUT2D eigenvalue weighted by atomic mass is 16.5. The molecule has 0 N–H and O–H groups in total. The van der Waals surface area contributed by atoms with Crippen LogP contribution in [-0.2, 0) is 22.5 Å². The van der Waals surface area contributed by atoms with Crippen LogP contribution in [0.2, 0.25) is 0 Å². The standard InChI is InChI=1S/C14H22O2/c1-12(2)10-13-6-4-5-7-14(13)11-16-9-8-15-3/h4-7,12H,8-11H2,1-3H3. The Morgan fingerprint density at radius 3 is 2.38 bits per heavy atom. The Labute approximate surface area is 98.6 Å². The van der Waals surface area contributed by atoms with Crippen LogP contribution in [0.3, 0.4) is 0 Å². The van der Waals surface area contributed by atoms with Crippen LogP contribution in [0.15, 0.2) is 24.3 Å². The first kappa shape index (κ1) is 13.2. The average Bonchev–Trinajstić information content (AvgIpc) is 2.26. The van der Waals surface area contributed by atoms with Gasteiger partial charge in [-0.1, -0.05) is 38.1 Å². The van der Waals surface area contributed by atoms with Gasteiger partial charge >= 0.3 is 0 Å². The molecule has 0 spiro atoms. The molecule has 0 saturated heterocycles. The summed E-state index contributed by atoms with van der Waals surface area (Å²) < 4.78 is 10.5. The lowest BCUT2D eigenvalue weighted by Gasteiger charge is -2.11. The fourth-order valence-corrected chi connectivity index (χ4v) is 1.66. The van der Waals surface area contributed by atoms with Gasteiger partial charge in [0.15, 0.2) is 0 Å². The molecule has 2 nitrogen and oxygen atoms in total. The fraction of sp³-hybridized carbons (Fsp3) is 0.571. The first-order valence-electron chi connectivity index (χ1n) is 5.87. The van der Waals surface area contributed by atoms with Crippen LogP contribution >= 0.6 is 0 Å². The Bertz CT molecular complexity index is 295. The lowest BCUT2D eigenvalue weighted by molar-refractivity contribution is 0.0613. The fourth-order valence-electron chi connectivity index (χ4n) is 1.66. The molecule has 0 aliphatic rings. The second-order valence-corrected chi connectivity index (χ2v) is 4.41. The molecule has 0 heterocycles. The van der Waals surface area contributed by atoms with E-state index in [9.17, 15) is 0 Å². The SMILES string of the molecule is COCCOCc1ccccc1CC(C)C. The van der Waals surface area contributed by atoms with Crippen LogP contribution in [-0.4, -0.2) is 20.3 Å². The zero-order valence-electron chi connectivity index (χ0n) is 10.5. The number of rotatable bonds is 7. The highest BCUT2D eigenvalue weighted by Crippen LogP contribution is 2.14. The number of hydrogen-bond donors (Lipinski definition) is 0. The normalized spacial score (nSPS) is 11.0. The molecular weight excluding hydrogens is 200 g/mol. The summed E-state index contributed by atoms with van der Waals surface area (Å²) in [6.07, 6.45) is 1.11. The highest BCUT2D eigenvalue weighted by Gasteiger charge is 2.03. The van der Waals surface area contributed by atoms with Gasteiger partial charge in [-0.05, 0) is 23.5 Å². The number of benzene rings is 1. The zero-order chi connectivity index (χ0) is 11.8. The van der Waals surface area contributed by atoms with Gasteiger partial charge in [-0.3, -0.25) is 0 Å². The van der Waals surface area contributed by atoms with Crippen molar-refractivity contribution in [2.24, 2.45) is 5.92 Å². The van der Waals surface area contributed by atoms with Crippen LogP contribution in [0, 0.1) is 5.92 Å². The van der Waals surface area contributed by atoms with E-state index in [2.05, 4.69) is 38.1 Å². The van der Waals surface area contributed by atoms with Crippen molar-refractivity contribution in [1.82, 2.24) is 0 Å². The smallest absolute Gasteiger partial charge is 0.0720 e. The van der Waals surface area contributed by atoms with Crippen LogP contribution in [0.5, 0.6) is 0 Å². The molecule has 0 atom stereocenters. The molecule has 0 bridgehead atoms. The first-order valence-corrected chi connectivity index (χ1v) is 5.87. The predicted octanol–water partition coefficient (Wildman–Crippen LogP) is 3.05. The van der Waals surface area contributed by atoms with Gasteiger partial charge in [0.25, 0.3) is 0 Å². The van der Waals surface area contributed by atoms with Gasteiger partial charge in [0.1, 0.15) is 0 Å². The summed E-state index contributed by atoms with van der Waals surface area (Å²) in [5.41, 5.74) is 2.70. The summed E-state index contributed by atoms with van der Waals surface area (Å²) in [7, 11) is 1.69. The summed E-state index contributed by atoms with van der Waals surface area (Å²) >= 11 is 0. The monoisotopic (exact) mass is 222 g/mol. The van der Waals surface area contributed by atoms with E-state index >= 15 is 0 Å². The Morgan fingerprint density at radius 2 is 1.75 bits per heavy atom. The molecule has 0 fully saturated rings. The van der Waals surface area contributed by atoms with Gasteiger partial charge in [-0.25, -0.2) is 0 Å². The Balaban J connectivity index is 2.50. The maximum absolute atomic E-state index is 5.56. The zero-order valence-corrected chi connectivity index (χ0v) is 10.5. The molecule has 0 aliphatic heterocycles. The third-order valence-electron chi connectivity index (χ3n) is 2.44. The van der Waals surface area contributed by atoms with Crippen molar-refractivity contribution in [2.45, 2.75) is 26.9 Å². The topological polar surface area (TPSA) is 18.5 Å². The number of methoxy groups -OCH3 is 1. The van der Waals surface area contributed by atoms with Gasteiger partial charge in [-0.15, -0.1) is 0 Å². The maximum Gasteiger partial charge on any atom is 0.0720 e. The molecule has 1 aromatic rings. The largest absolute Gasteiger partial charge is 0.382 e. The second kappa shape index (κ2) is 7.42. The molecule has 1 rings (SSSR count). The van der Waals surface area contributed by atoms with E-state index in [0.717, 1.165) is 6.42 Å². The van der Waals surface area contributed by atoms with E-state index in [1.165, 1.54) is 11.1 Å². The molecule has 0 unspecified atom stereocenters. The molecule has 1 aromatic carbocycles. The van der Waals surface area contributed by atoms with Gasteiger partial charge < -0.3 is 9.47 Å². The summed E-state index contributed by atoms with van der Waals surface area (Å²) in [6, 6.07) is 8.49. The minimum Gasteiger partial charge on any atom is -0.382 e. The summed E-state index contributed by atoms with van der Waals surface area (Å²) in [4.78, 5) is 0. The third-order valence-corrected chi connectivity index (χ3v) is 2.44. The Hall–Kier alpha value is -0.860. The Kier molecular flexibility index (Phi) is 6.12. The van der Waals surface area contributed by atoms with E-state index in [-0.39, 0.29) is 0 Å². The second-order valence-electron chi connectivity index (χ2n) is 4.41. The molecular formula is C14H22O2. The van der Waals surface area contributed by atoms with E-state index in [1.807, 2.05) is 0 Å². The third kappa shape index (κ3) is 4.77. The van der Waals surface area contributed by atoms with E-state index in [4.69, 9.17) is 9.47 Å². The van der Waals surface area contributed by atoms with Crippen molar-refractivity contribution in [3.63, 3.8) is 0 Å². The Morgan fingerprint density at radius 1 is 1.06 bits per heavy atom. The van der Waals surface area contributed by atoms with Crippen LogP contribution in [0.4, 0.5) is 0 Å². The van der Waals surface area contributed by atoms with Gasteiger partial charge in [0.2, 0.25) is 0 Å². The van der Waals surface area contributed by atoms with E-state index in [1.54, 1.807) is 7.11 Å². The van der Waals surface area contributed by atoms with Gasteiger partial charge in [0, 0.05) is 7.11 Å². The van der Waals surface area contributed by atoms with Crippen LogP contribution in [0.25, 0.3) is 0 Å². The summed E-state index contributed by atoms with van der Waals surface area (Å²) in [5, 5.41) is 0. The summed E-state index contributed by atoms with van der Waals surface area (Å²) in [6.45, 7) is 6.48. The van der Waals surface area contributed by atoms with Crippen LogP contribution < -0.4 is 0 Å². The van der Waals surface area contributed by atoms with Crippen molar-refractivity contribution in [3.05, 3.63) is 35.4 Å². The lowest BCUT2D eigenvalue weighted by Crippen LogP contribution is -2.05. The molecule has 2 heteroatoms. The number of hydrogen-bond acceptors (Lipinski definition) is 2. The molecule has 90 valence electrons. The lowest BCUT2D eigenvalue weighted by atomic mass is 9.98. The first-order chi connectivity index (χ1) is 7.74. The predicted molar refractivity (Wildman–Crippen MR) is 66.5 cm³/mol. The van der Waals surface area contributed by atoms with Crippen molar-refractivity contribution in [3.8, 4) is 0 Å². The van der Waals surface area contributed by atoms with Crippen molar-refractivity contribution in [1.29, 1.82) is 0 Å². The van der Waals surface area contributed by atoms with Crippen molar-refractivity contribution < 1.29 is 9.47 Å². The molecule has 0 radical (unpaired) electrons. The van der Waals surface area contributed by atoms with E-state index < -0.39 is 0 Å². The van der Waals surface area contributed by atoms with Gasteiger partial charge in [-0.2, -0.15) is 0 Å². The molecule has 16 heavy (non-hydrogen) atoms. The van der Waals surface area contributed by atoms with Crippen LogP contribution in [0.1, 0.15) is 25.0 Å². The summed E-state index contributed by atoms with van der Waals surface area (Å²) in [5.74, 6) is 0.681. The quantitative estimate of drug-likeness (QED) is 0.660.